The molecule has 0 aliphatic heterocycles. The molecule has 0 saturated heterocycles. The smallest absolute Gasteiger partial charge is 0.224 e. The van der Waals surface area contributed by atoms with Crippen LogP contribution >= 0.6 is 11.3 Å². The quantitative estimate of drug-likeness (QED) is 0.215. The molecule has 3 aromatic heterocycles. The largest absolute Gasteiger partial charge is 0.507 e. The molecule has 0 fully saturated rings. The fourth-order valence-corrected chi connectivity index (χ4v) is 4.86. The van der Waals surface area contributed by atoms with Crippen LogP contribution in [-0.2, 0) is 11.2 Å². The number of pyridine rings is 1. The Hall–Kier alpha value is -3.90. The van der Waals surface area contributed by atoms with Crippen LogP contribution in [0.2, 0.25) is 0 Å². The molecule has 1 amide bonds. The summed E-state index contributed by atoms with van der Waals surface area (Å²) in [5, 5.41) is 17.1. The SMILES string of the molecule is O=C(CCCCc1cccs1)Nc1ccc(-c2cccc(-c3cc4cnccc4[nH]3)c2O)cc1. The Labute approximate surface area is 202 Å². The Balaban J connectivity index is 1.24. The maximum absolute atomic E-state index is 12.3. The highest BCUT2D eigenvalue weighted by atomic mass is 32.1. The van der Waals surface area contributed by atoms with Gasteiger partial charge < -0.3 is 15.4 Å². The van der Waals surface area contributed by atoms with E-state index < -0.39 is 0 Å². The molecule has 34 heavy (non-hydrogen) atoms. The van der Waals surface area contributed by atoms with Gasteiger partial charge in [0.2, 0.25) is 5.91 Å². The second-order valence-electron chi connectivity index (χ2n) is 8.26. The number of thiophene rings is 1. The summed E-state index contributed by atoms with van der Waals surface area (Å²) in [6.07, 6.45) is 6.95. The molecule has 2 aromatic carbocycles. The van der Waals surface area contributed by atoms with E-state index in [0.29, 0.717) is 6.42 Å². The van der Waals surface area contributed by atoms with Crippen molar-refractivity contribution in [2.24, 2.45) is 0 Å². The van der Waals surface area contributed by atoms with Gasteiger partial charge in [-0.3, -0.25) is 9.78 Å². The van der Waals surface area contributed by atoms with E-state index in [1.165, 1.54) is 4.88 Å². The molecule has 3 heterocycles. The van der Waals surface area contributed by atoms with Crippen LogP contribution in [0.1, 0.15) is 24.1 Å². The molecule has 3 N–H and O–H groups in total. The molecule has 0 aliphatic carbocycles. The summed E-state index contributed by atoms with van der Waals surface area (Å²) in [6.45, 7) is 0. The summed E-state index contributed by atoms with van der Waals surface area (Å²) in [5.74, 6) is 0.238. The molecule has 0 bridgehead atoms. The zero-order chi connectivity index (χ0) is 23.3. The highest BCUT2D eigenvalue weighted by molar-refractivity contribution is 7.09. The highest BCUT2D eigenvalue weighted by Gasteiger charge is 2.13. The lowest BCUT2D eigenvalue weighted by Crippen LogP contribution is -2.11. The number of aromatic amines is 1. The number of amides is 1. The monoisotopic (exact) mass is 467 g/mol. The number of anilines is 1. The number of H-pyrrole nitrogens is 1. The zero-order valence-corrected chi connectivity index (χ0v) is 19.4. The van der Waals surface area contributed by atoms with Gasteiger partial charge in [-0.1, -0.05) is 30.3 Å². The molecular weight excluding hydrogens is 442 g/mol. The number of hydrogen-bond donors (Lipinski definition) is 3. The number of aryl methyl sites for hydroxylation is 1. The number of phenols is 1. The lowest BCUT2D eigenvalue weighted by atomic mass is 9.99. The third-order valence-corrected chi connectivity index (χ3v) is 6.82. The van der Waals surface area contributed by atoms with Gasteiger partial charge in [-0.05, 0) is 66.6 Å². The van der Waals surface area contributed by atoms with Crippen LogP contribution in [0.3, 0.4) is 0 Å². The Bertz CT molecular complexity index is 1370. The summed E-state index contributed by atoms with van der Waals surface area (Å²) >= 11 is 1.76. The van der Waals surface area contributed by atoms with Crippen LogP contribution in [0, 0.1) is 0 Å². The van der Waals surface area contributed by atoms with Gasteiger partial charge in [0.15, 0.2) is 0 Å². The zero-order valence-electron chi connectivity index (χ0n) is 18.6. The van der Waals surface area contributed by atoms with Gasteiger partial charge in [0, 0.05) is 51.4 Å². The molecule has 0 spiro atoms. The van der Waals surface area contributed by atoms with Crippen molar-refractivity contribution in [1.82, 2.24) is 9.97 Å². The number of carbonyl (C=O) groups excluding carboxylic acids is 1. The van der Waals surface area contributed by atoms with Gasteiger partial charge in [-0.15, -0.1) is 11.3 Å². The van der Waals surface area contributed by atoms with Crippen molar-refractivity contribution in [1.29, 1.82) is 0 Å². The lowest BCUT2D eigenvalue weighted by molar-refractivity contribution is -0.116. The minimum atomic E-state index is 0.0251. The van der Waals surface area contributed by atoms with Crippen LogP contribution in [0.4, 0.5) is 5.69 Å². The molecule has 5 aromatic rings. The van der Waals surface area contributed by atoms with E-state index in [1.54, 1.807) is 23.7 Å². The van der Waals surface area contributed by atoms with E-state index >= 15 is 0 Å². The summed E-state index contributed by atoms with van der Waals surface area (Å²) in [4.78, 5) is 21.2. The van der Waals surface area contributed by atoms with Crippen LogP contribution in [0.25, 0.3) is 33.3 Å². The predicted octanol–water partition coefficient (Wildman–Crippen LogP) is 7.02. The first-order valence-corrected chi connectivity index (χ1v) is 12.2. The van der Waals surface area contributed by atoms with E-state index in [-0.39, 0.29) is 11.7 Å². The van der Waals surface area contributed by atoms with E-state index in [0.717, 1.165) is 58.2 Å². The molecule has 0 unspecified atom stereocenters. The fourth-order valence-electron chi connectivity index (χ4n) is 4.11. The summed E-state index contributed by atoms with van der Waals surface area (Å²) in [7, 11) is 0. The third kappa shape index (κ3) is 4.87. The van der Waals surface area contributed by atoms with Crippen molar-refractivity contribution in [3.63, 3.8) is 0 Å². The number of carbonyl (C=O) groups is 1. The average molecular weight is 468 g/mol. The van der Waals surface area contributed by atoms with Gasteiger partial charge >= 0.3 is 0 Å². The van der Waals surface area contributed by atoms with E-state index in [4.69, 9.17) is 0 Å². The number of nitrogens with one attached hydrogen (secondary N) is 2. The average Bonchev–Trinajstić information content (AvgIpc) is 3.52. The maximum atomic E-state index is 12.3. The predicted molar refractivity (Wildman–Crippen MR) is 139 cm³/mol. The van der Waals surface area contributed by atoms with Crippen molar-refractivity contribution in [2.75, 3.05) is 5.32 Å². The molecule has 6 heteroatoms. The normalized spacial score (nSPS) is 11.1. The number of aromatic hydroxyl groups is 1. The number of benzene rings is 2. The van der Waals surface area contributed by atoms with Crippen LogP contribution in [0.15, 0.2) is 84.5 Å². The van der Waals surface area contributed by atoms with Crippen LogP contribution < -0.4 is 5.32 Å². The first-order valence-electron chi connectivity index (χ1n) is 11.3. The van der Waals surface area contributed by atoms with Crippen LogP contribution in [-0.4, -0.2) is 21.0 Å². The van der Waals surface area contributed by atoms with E-state index in [2.05, 4.69) is 32.8 Å². The van der Waals surface area contributed by atoms with Gasteiger partial charge in [0.05, 0.1) is 5.69 Å². The van der Waals surface area contributed by atoms with Gasteiger partial charge in [0.1, 0.15) is 5.75 Å². The van der Waals surface area contributed by atoms with Crippen molar-refractivity contribution >= 4 is 33.8 Å². The standard InChI is InChI=1S/C28H25N3O2S/c32-27(9-2-1-5-22-6-4-16-34-22)30-21-12-10-19(11-13-21)23-7-3-8-24(28(23)33)26-17-20-18-29-15-14-25(20)31-26/h3-4,6-8,10-18,31,33H,1-2,5,9H2,(H,30,32). The second kappa shape index (κ2) is 9.93. The summed E-state index contributed by atoms with van der Waals surface area (Å²) < 4.78 is 0. The number of nitrogens with zero attached hydrogens (tertiary/aromatic N) is 1. The molecule has 0 atom stereocenters. The molecule has 170 valence electrons. The number of para-hydroxylation sites is 1. The number of fused-ring (bicyclic) bond motifs is 1. The first-order chi connectivity index (χ1) is 16.7. The van der Waals surface area contributed by atoms with Gasteiger partial charge in [-0.2, -0.15) is 0 Å². The highest BCUT2D eigenvalue weighted by Crippen LogP contribution is 2.38. The molecule has 5 nitrogen and oxygen atoms in total. The Morgan fingerprint density at radius 3 is 2.65 bits per heavy atom. The Morgan fingerprint density at radius 1 is 1.00 bits per heavy atom. The van der Waals surface area contributed by atoms with Gasteiger partial charge in [0.25, 0.3) is 0 Å². The van der Waals surface area contributed by atoms with Crippen molar-refractivity contribution in [3.05, 3.63) is 89.4 Å². The number of hydrogen-bond acceptors (Lipinski definition) is 4. The van der Waals surface area contributed by atoms with E-state index in [9.17, 15) is 9.90 Å². The third-order valence-electron chi connectivity index (χ3n) is 5.88. The molecule has 5 rings (SSSR count). The maximum Gasteiger partial charge on any atom is 0.224 e. The molecular formula is C28H25N3O2S. The van der Waals surface area contributed by atoms with Crippen LogP contribution in [0.5, 0.6) is 5.75 Å². The summed E-state index contributed by atoms with van der Waals surface area (Å²) in [5.41, 5.74) is 4.91. The van der Waals surface area contributed by atoms with Crippen molar-refractivity contribution in [2.45, 2.75) is 25.7 Å². The number of aromatic nitrogens is 2. The Morgan fingerprint density at radius 2 is 1.85 bits per heavy atom. The second-order valence-corrected chi connectivity index (χ2v) is 9.29. The minimum absolute atomic E-state index is 0.0251. The molecule has 0 saturated carbocycles. The van der Waals surface area contributed by atoms with Crippen molar-refractivity contribution < 1.29 is 9.90 Å². The fraction of sp³-hybridized carbons (Fsp3) is 0.143. The first kappa shape index (κ1) is 21.9. The van der Waals surface area contributed by atoms with Gasteiger partial charge in [-0.25, -0.2) is 0 Å². The number of rotatable bonds is 8. The van der Waals surface area contributed by atoms with Crippen molar-refractivity contribution in [3.8, 4) is 28.1 Å². The molecule has 0 aliphatic rings. The number of phenolic OH excluding ortho intramolecular Hbond substituents is 1. The minimum Gasteiger partial charge on any atom is -0.507 e. The molecule has 0 radical (unpaired) electrons. The number of unbranched alkanes of at least 4 members (excludes halogenated alkanes) is 1. The summed E-state index contributed by atoms with van der Waals surface area (Å²) in [6, 6.07) is 21.4. The lowest BCUT2D eigenvalue weighted by Gasteiger charge is -2.10. The Kier molecular flexibility index (Phi) is 6.40. The topological polar surface area (TPSA) is 78.0 Å². The van der Waals surface area contributed by atoms with E-state index in [1.807, 2.05) is 54.6 Å².